The molecule has 2 amide bonds. The molecule has 202 valence electrons. The maximum atomic E-state index is 12.9. The van der Waals surface area contributed by atoms with E-state index in [2.05, 4.69) is 9.56 Å². The molecule has 1 aliphatic heterocycles. The molecule has 1 unspecified atom stereocenters. The summed E-state index contributed by atoms with van der Waals surface area (Å²) >= 11 is 0. The zero-order valence-corrected chi connectivity index (χ0v) is 23.1. The minimum atomic E-state index is -4.79. The minimum absolute atomic E-state index is 0.0577. The first-order chi connectivity index (χ1) is 17.3. The van der Waals surface area contributed by atoms with E-state index in [9.17, 15) is 31.2 Å². The average Bonchev–Trinajstić information content (AvgIpc) is 3.11. The Balaban J connectivity index is 1.43. The summed E-state index contributed by atoms with van der Waals surface area (Å²) in [5, 5.41) is -0.495. The van der Waals surface area contributed by atoms with Gasteiger partial charge in [0.15, 0.2) is 5.25 Å². The van der Waals surface area contributed by atoms with Crippen LogP contribution in [0.3, 0.4) is 0 Å². The van der Waals surface area contributed by atoms with Gasteiger partial charge in [-0.2, -0.15) is 8.42 Å². The second kappa shape index (κ2) is 12.0. The molecule has 2 N–H and O–H groups in total. The molecular formula is C21H25N3O9S4. The van der Waals surface area contributed by atoms with E-state index >= 15 is 0 Å². The molecule has 0 aromatic heterocycles. The van der Waals surface area contributed by atoms with Gasteiger partial charge in [-0.05, 0) is 12.1 Å². The van der Waals surface area contributed by atoms with Crippen LogP contribution in [0.15, 0.2) is 41.3 Å². The molecular weight excluding hydrogens is 567 g/mol. The van der Waals surface area contributed by atoms with Crippen molar-refractivity contribution in [2.75, 3.05) is 37.0 Å². The van der Waals surface area contributed by atoms with Gasteiger partial charge in [0.05, 0.1) is 17.7 Å². The molecule has 2 aromatic rings. The van der Waals surface area contributed by atoms with Crippen LogP contribution in [-0.4, -0.2) is 81.6 Å². The fourth-order valence-electron chi connectivity index (χ4n) is 3.49. The van der Waals surface area contributed by atoms with Gasteiger partial charge in [-0.25, -0.2) is 17.9 Å². The molecule has 1 fully saturated rings. The zero-order valence-electron chi connectivity index (χ0n) is 19.8. The van der Waals surface area contributed by atoms with E-state index in [1.165, 1.54) is 21.6 Å². The van der Waals surface area contributed by atoms with Gasteiger partial charge < -0.3 is 9.74 Å². The van der Waals surface area contributed by atoms with Gasteiger partial charge in [0.2, 0.25) is 10.0 Å². The van der Waals surface area contributed by atoms with E-state index in [0.29, 0.717) is 11.1 Å². The highest BCUT2D eigenvalue weighted by Gasteiger charge is 2.48. The maximum Gasteiger partial charge on any atom is 0.334 e. The van der Waals surface area contributed by atoms with E-state index in [1.54, 1.807) is 24.3 Å². The Bertz CT molecular complexity index is 1410. The third-order valence-electron chi connectivity index (χ3n) is 5.20. The Kier molecular flexibility index (Phi) is 9.47. The van der Waals surface area contributed by atoms with E-state index < -0.39 is 49.6 Å². The second-order valence-corrected chi connectivity index (χ2v) is 14.0. The van der Waals surface area contributed by atoms with Gasteiger partial charge in [-0.1, -0.05) is 45.9 Å². The number of benzene rings is 2. The van der Waals surface area contributed by atoms with Crippen LogP contribution >= 0.6 is 21.6 Å². The molecule has 2 aromatic carbocycles. The number of nitrogens with zero attached hydrogens (tertiary/aromatic N) is 2. The molecule has 0 aliphatic carbocycles. The van der Waals surface area contributed by atoms with Crippen molar-refractivity contribution in [3.8, 4) is 0 Å². The standard InChI is InChI=1S/C21H25N3O9S4/c1-23(2)16-7-3-6-15-14(16)5-4-8-17(15)36(28,29)22-10-12-35-34-11-9-20(26)33-24-19(25)13-18(21(24)27)37(30,31)32/h3-8,18,22H,9-13H2,1-2H3,(H,30,31,32). The van der Waals surface area contributed by atoms with Crippen LogP contribution in [-0.2, 0) is 39.4 Å². The molecule has 1 heterocycles. The summed E-state index contributed by atoms with van der Waals surface area (Å²) in [5.74, 6) is -2.67. The highest BCUT2D eigenvalue weighted by atomic mass is 33.1. The van der Waals surface area contributed by atoms with Crippen LogP contribution in [0, 0.1) is 0 Å². The molecule has 3 rings (SSSR count). The van der Waals surface area contributed by atoms with Crippen LogP contribution in [0.1, 0.15) is 12.8 Å². The Morgan fingerprint density at radius 3 is 2.38 bits per heavy atom. The smallest absolute Gasteiger partial charge is 0.334 e. The third kappa shape index (κ3) is 7.14. The van der Waals surface area contributed by atoms with Gasteiger partial charge in [0.25, 0.3) is 21.9 Å². The Morgan fingerprint density at radius 2 is 1.73 bits per heavy atom. The third-order valence-corrected chi connectivity index (χ3v) is 10.2. The van der Waals surface area contributed by atoms with Crippen LogP contribution in [0.2, 0.25) is 0 Å². The Labute approximate surface area is 222 Å². The Morgan fingerprint density at radius 1 is 1.08 bits per heavy atom. The first-order valence-corrected chi connectivity index (χ1v) is 16.3. The average molecular weight is 592 g/mol. The van der Waals surface area contributed by atoms with E-state index in [0.717, 1.165) is 11.1 Å². The molecule has 0 spiro atoms. The summed E-state index contributed by atoms with van der Waals surface area (Å²) in [5.41, 5.74) is 0.900. The summed E-state index contributed by atoms with van der Waals surface area (Å²) in [6.07, 6.45) is -0.998. The van der Waals surface area contributed by atoms with Crippen molar-refractivity contribution in [1.29, 1.82) is 0 Å². The van der Waals surface area contributed by atoms with Crippen LogP contribution in [0.5, 0.6) is 0 Å². The Hall–Kier alpha value is -2.37. The summed E-state index contributed by atoms with van der Waals surface area (Å²) in [6.45, 7) is 0.141. The first-order valence-electron chi connectivity index (χ1n) is 10.8. The number of hydrogen-bond acceptors (Lipinski definition) is 11. The number of nitrogens with one attached hydrogen (secondary N) is 1. The van der Waals surface area contributed by atoms with E-state index in [1.807, 2.05) is 31.1 Å². The van der Waals surface area contributed by atoms with Crippen molar-refractivity contribution in [2.24, 2.45) is 0 Å². The van der Waals surface area contributed by atoms with Crippen LogP contribution in [0.4, 0.5) is 5.69 Å². The molecule has 0 radical (unpaired) electrons. The number of anilines is 1. The number of sulfonamides is 1. The molecule has 1 aliphatic rings. The number of carbonyl (C=O) groups excluding carboxylic acids is 3. The van der Waals surface area contributed by atoms with Gasteiger partial charge in [-0.3, -0.25) is 14.1 Å². The van der Waals surface area contributed by atoms with Crippen molar-refractivity contribution in [2.45, 2.75) is 23.0 Å². The van der Waals surface area contributed by atoms with Crippen molar-refractivity contribution >= 4 is 76.0 Å². The predicted octanol–water partition coefficient (Wildman–Crippen LogP) is 1.43. The number of amides is 2. The fourth-order valence-corrected chi connectivity index (χ4v) is 7.45. The molecule has 0 saturated carbocycles. The largest absolute Gasteiger partial charge is 0.377 e. The lowest BCUT2D eigenvalue weighted by Gasteiger charge is -2.17. The van der Waals surface area contributed by atoms with Crippen LogP contribution < -0.4 is 9.62 Å². The number of hydroxylamine groups is 2. The van der Waals surface area contributed by atoms with Crippen molar-refractivity contribution < 1.29 is 40.6 Å². The number of imide groups is 1. The SMILES string of the molecule is CN(C)c1cccc2c(S(=O)(=O)NCCSSCCC(=O)ON3C(=O)CC(S(=O)(=O)O)C3=O)cccc12. The summed E-state index contributed by atoms with van der Waals surface area (Å²) in [4.78, 5) is 42.2. The fraction of sp³-hybridized carbons (Fsp3) is 0.381. The highest BCUT2D eigenvalue weighted by Crippen LogP contribution is 2.30. The second-order valence-electron chi connectivity index (χ2n) is 8.01. The molecule has 16 heteroatoms. The topological polar surface area (TPSA) is 167 Å². The van der Waals surface area contributed by atoms with Crippen molar-refractivity contribution in [3.63, 3.8) is 0 Å². The molecule has 1 atom stereocenters. The normalized spacial score (nSPS) is 16.4. The van der Waals surface area contributed by atoms with Gasteiger partial charge in [0.1, 0.15) is 0 Å². The number of fused-ring (bicyclic) bond motifs is 1. The zero-order chi connectivity index (χ0) is 27.4. The summed E-state index contributed by atoms with van der Waals surface area (Å²) < 4.78 is 59.6. The first kappa shape index (κ1) is 29.2. The lowest BCUT2D eigenvalue weighted by atomic mass is 10.1. The van der Waals surface area contributed by atoms with Crippen LogP contribution in [0.25, 0.3) is 10.8 Å². The lowest BCUT2D eigenvalue weighted by molar-refractivity contribution is -0.197. The molecule has 1 saturated heterocycles. The highest BCUT2D eigenvalue weighted by molar-refractivity contribution is 8.76. The van der Waals surface area contributed by atoms with Gasteiger partial charge in [-0.15, -0.1) is 5.06 Å². The predicted molar refractivity (Wildman–Crippen MR) is 141 cm³/mol. The summed E-state index contributed by atoms with van der Waals surface area (Å²) in [6, 6.07) is 10.6. The quantitative estimate of drug-likeness (QED) is 0.158. The summed E-state index contributed by atoms with van der Waals surface area (Å²) in [7, 11) is -2.24. The monoisotopic (exact) mass is 591 g/mol. The number of rotatable bonds is 12. The van der Waals surface area contributed by atoms with E-state index in [4.69, 9.17) is 4.55 Å². The number of hydrogen-bond donors (Lipinski definition) is 2. The van der Waals surface area contributed by atoms with Gasteiger partial charge >= 0.3 is 5.97 Å². The lowest BCUT2D eigenvalue weighted by Crippen LogP contribution is -2.36. The molecule has 12 nitrogen and oxygen atoms in total. The van der Waals surface area contributed by atoms with Gasteiger partial charge in [0, 0.05) is 48.6 Å². The molecule has 37 heavy (non-hydrogen) atoms. The molecule has 0 bridgehead atoms. The minimum Gasteiger partial charge on any atom is -0.377 e. The van der Waals surface area contributed by atoms with Crippen molar-refractivity contribution in [1.82, 2.24) is 9.79 Å². The number of carbonyl (C=O) groups is 3. The van der Waals surface area contributed by atoms with E-state index in [-0.39, 0.29) is 28.7 Å². The van der Waals surface area contributed by atoms with Crippen molar-refractivity contribution in [3.05, 3.63) is 36.4 Å². The maximum absolute atomic E-state index is 12.9.